The van der Waals surface area contributed by atoms with Gasteiger partial charge in [0, 0.05) is 6.04 Å². The highest BCUT2D eigenvalue weighted by Gasteiger charge is 2.24. The largest absolute Gasteiger partial charge is 0.465 e. The molecule has 0 aliphatic carbocycles. The first-order chi connectivity index (χ1) is 8.99. The highest BCUT2D eigenvalue weighted by atomic mass is 16.5. The lowest BCUT2D eigenvalue weighted by atomic mass is 9.98. The van der Waals surface area contributed by atoms with Gasteiger partial charge in [-0.3, -0.25) is 5.32 Å². The summed E-state index contributed by atoms with van der Waals surface area (Å²) in [5.41, 5.74) is 3.28. The first kappa shape index (κ1) is 15.7. The molecule has 1 N–H and O–H groups in total. The van der Waals surface area contributed by atoms with Crippen LogP contribution in [0.3, 0.4) is 0 Å². The zero-order valence-electron chi connectivity index (χ0n) is 12.6. The first-order valence-corrected chi connectivity index (χ1v) is 6.99. The number of carbonyl (C=O) groups excluding carboxylic acids is 1. The van der Waals surface area contributed by atoms with E-state index in [1.807, 2.05) is 20.8 Å². The third-order valence-corrected chi connectivity index (χ3v) is 3.33. The van der Waals surface area contributed by atoms with Crippen LogP contribution in [0.25, 0.3) is 0 Å². The van der Waals surface area contributed by atoms with E-state index in [0.717, 1.165) is 23.1 Å². The van der Waals surface area contributed by atoms with Gasteiger partial charge in [0.25, 0.3) is 0 Å². The van der Waals surface area contributed by atoms with Gasteiger partial charge in [-0.2, -0.15) is 0 Å². The van der Waals surface area contributed by atoms with Gasteiger partial charge in [0.15, 0.2) is 0 Å². The van der Waals surface area contributed by atoms with Crippen molar-refractivity contribution in [1.29, 1.82) is 0 Å². The van der Waals surface area contributed by atoms with Crippen LogP contribution < -0.4 is 5.32 Å². The molecule has 0 radical (unpaired) electrons. The number of hydrogen-bond donors (Lipinski definition) is 1. The minimum atomic E-state index is -0.380. The molecule has 0 fully saturated rings. The van der Waals surface area contributed by atoms with Gasteiger partial charge in [0.2, 0.25) is 0 Å². The monoisotopic (exact) mass is 263 g/mol. The molecular formula is C16H25NO2. The average molecular weight is 263 g/mol. The van der Waals surface area contributed by atoms with Gasteiger partial charge < -0.3 is 4.74 Å². The van der Waals surface area contributed by atoms with Crippen LogP contribution in [0.2, 0.25) is 0 Å². The Morgan fingerprint density at radius 1 is 1.32 bits per heavy atom. The fourth-order valence-electron chi connectivity index (χ4n) is 1.98. The molecule has 0 amide bonds. The van der Waals surface area contributed by atoms with E-state index in [-0.39, 0.29) is 18.1 Å². The van der Waals surface area contributed by atoms with Crippen molar-refractivity contribution < 1.29 is 9.53 Å². The summed E-state index contributed by atoms with van der Waals surface area (Å²) < 4.78 is 5.20. The van der Waals surface area contributed by atoms with Gasteiger partial charge in [0.05, 0.1) is 6.61 Å². The Labute approximate surface area is 116 Å². The van der Waals surface area contributed by atoms with Crippen molar-refractivity contribution >= 4 is 5.97 Å². The lowest BCUT2D eigenvalue weighted by Gasteiger charge is -2.23. The van der Waals surface area contributed by atoms with Crippen molar-refractivity contribution in [3.8, 4) is 0 Å². The van der Waals surface area contributed by atoms with Crippen LogP contribution in [0.5, 0.6) is 0 Å². The van der Waals surface area contributed by atoms with Crippen LogP contribution in [0.4, 0.5) is 0 Å². The van der Waals surface area contributed by atoms with Crippen molar-refractivity contribution in [2.24, 2.45) is 0 Å². The fourth-order valence-corrected chi connectivity index (χ4v) is 1.98. The van der Waals surface area contributed by atoms with Gasteiger partial charge in [0.1, 0.15) is 6.04 Å². The molecule has 0 saturated heterocycles. The standard InChI is InChI=1S/C16H25NO2/c1-6-13(5)17-15(16(18)19-7-2)14-10-11(3)8-9-12(14)4/h8-10,13,15,17H,6-7H2,1-5H3. The molecule has 106 valence electrons. The lowest BCUT2D eigenvalue weighted by Crippen LogP contribution is -2.36. The second kappa shape index (κ2) is 7.29. The van der Waals surface area contributed by atoms with Gasteiger partial charge in [-0.05, 0) is 45.2 Å². The molecule has 0 aliphatic heterocycles. The maximum absolute atomic E-state index is 12.2. The third kappa shape index (κ3) is 4.35. The molecule has 0 aromatic heterocycles. The van der Waals surface area contributed by atoms with Crippen molar-refractivity contribution in [2.75, 3.05) is 6.61 Å². The zero-order valence-corrected chi connectivity index (χ0v) is 12.6. The Morgan fingerprint density at radius 3 is 2.58 bits per heavy atom. The van der Waals surface area contributed by atoms with E-state index in [1.165, 1.54) is 0 Å². The van der Waals surface area contributed by atoms with Gasteiger partial charge in [-0.15, -0.1) is 0 Å². The molecule has 1 aromatic carbocycles. The summed E-state index contributed by atoms with van der Waals surface area (Å²) in [4.78, 5) is 12.2. The van der Waals surface area contributed by atoms with Crippen molar-refractivity contribution in [3.63, 3.8) is 0 Å². The number of hydrogen-bond acceptors (Lipinski definition) is 3. The number of ether oxygens (including phenoxy) is 1. The molecule has 0 bridgehead atoms. The fraction of sp³-hybridized carbons (Fsp3) is 0.562. The number of aryl methyl sites for hydroxylation is 2. The molecule has 0 spiro atoms. The van der Waals surface area contributed by atoms with Crippen molar-refractivity contribution in [1.82, 2.24) is 5.32 Å². The molecule has 2 unspecified atom stereocenters. The van der Waals surface area contributed by atoms with Gasteiger partial charge in [-0.1, -0.05) is 30.7 Å². The quantitative estimate of drug-likeness (QED) is 0.800. The molecule has 1 aromatic rings. The molecular weight excluding hydrogens is 238 g/mol. The molecule has 3 heteroatoms. The van der Waals surface area contributed by atoms with Crippen molar-refractivity contribution in [2.45, 2.75) is 53.1 Å². The predicted octanol–water partition coefficient (Wildman–Crippen LogP) is 3.30. The van der Waals surface area contributed by atoms with E-state index < -0.39 is 0 Å². The minimum absolute atomic E-state index is 0.198. The topological polar surface area (TPSA) is 38.3 Å². The maximum atomic E-state index is 12.2. The van der Waals surface area contributed by atoms with Crippen LogP contribution in [0.15, 0.2) is 18.2 Å². The number of carbonyl (C=O) groups is 1. The molecule has 0 heterocycles. The number of benzene rings is 1. The number of rotatable bonds is 6. The molecule has 3 nitrogen and oxygen atoms in total. The second-order valence-electron chi connectivity index (χ2n) is 5.02. The van der Waals surface area contributed by atoms with E-state index in [2.05, 4.69) is 37.4 Å². The Kier molecular flexibility index (Phi) is 6.03. The summed E-state index contributed by atoms with van der Waals surface area (Å²) in [6, 6.07) is 6.07. The Hall–Kier alpha value is -1.35. The van der Waals surface area contributed by atoms with E-state index in [0.29, 0.717) is 6.61 Å². The van der Waals surface area contributed by atoms with Crippen LogP contribution >= 0.6 is 0 Å². The number of nitrogens with one attached hydrogen (secondary N) is 1. The summed E-state index contributed by atoms with van der Waals surface area (Å²) in [5.74, 6) is -0.198. The Balaban J connectivity index is 3.07. The molecule has 0 aliphatic rings. The van der Waals surface area contributed by atoms with E-state index in [4.69, 9.17) is 4.74 Å². The first-order valence-electron chi connectivity index (χ1n) is 6.99. The van der Waals surface area contributed by atoms with E-state index in [1.54, 1.807) is 0 Å². The molecule has 1 rings (SSSR count). The van der Waals surface area contributed by atoms with Crippen molar-refractivity contribution in [3.05, 3.63) is 34.9 Å². The minimum Gasteiger partial charge on any atom is -0.465 e. The summed E-state index contributed by atoms with van der Waals surface area (Å²) >= 11 is 0. The van der Waals surface area contributed by atoms with E-state index in [9.17, 15) is 4.79 Å². The SMILES string of the molecule is CCOC(=O)C(NC(C)CC)c1cc(C)ccc1C. The molecule has 2 atom stereocenters. The average Bonchev–Trinajstić information content (AvgIpc) is 2.39. The van der Waals surface area contributed by atoms with Crippen LogP contribution in [-0.4, -0.2) is 18.6 Å². The normalized spacial score (nSPS) is 13.9. The number of esters is 1. The Morgan fingerprint density at radius 2 is 2.00 bits per heavy atom. The van der Waals surface area contributed by atoms with Gasteiger partial charge >= 0.3 is 5.97 Å². The molecule has 19 heavy (non-hydrogen) atoms. The Bertz CT molecular complexity index is 429. The summed E-state index contributed by atoms with van der Waals surface area (Å²) in [6.07, 6.45) is 0.973. The third-order valence-electron chi connectivity index (χ3n) is 3.33. The van der Waals surface area contributed by atoms with Crippen LogP contribution in [0, 0.1) is 13.8 Å². The predicted molar refractivity (Wildman–Crippen MR) is 78.2 cm³/mol. The summed E-state index contributed by atoms with van der Waals surface area (Å²) in [5, 5.41) is 3.36. The summed E-state index contributed by atoms with van der Waals surface area (Å²) in [7, 11) is 0. The van der Waals surface area contributed by atoms with Crippen LogP contribution in [-0.2, 0) is 9.53 Å². The highest BCUT2D eigenvalue weighted by molar-refractivity contribution is 5.78. The second-order valence-corrected chi connectivity index (χ2v) is 5.02. The smallest absolute Gasteiger partial charge is 0.327 e. The van der Waals surface area contributed by atoms with Gasteiger partial charge in [-0.25, -0.2) is 4.79 Å². The zero-order chi connectivity index (χ0) is 14.4. The maximum Gasteiger partial charge on any atom is 0.327 e. The van der Waals surface area contributed by atoms with E-state index >= 15 is 0 Å². The van der Waals surface area contributed by atoms with Crippen LogP contribution in [0.1, 0.15) is 49.9 Å². The summed E-state index contributed by atoms with van der Waals surface area (Å²) in [6.45, 7) is 10.5. The lowest BCUT2D eigenvalue weighted by molar-refractivity contribution is -0.146. The molecule has 0 saturated carbocycles. The highest BCUT2D eigenvalue weighted by Crippen LogP contribution is 2.21.